The molecule has 2 heterocycles. The molecule has 0 aromatic carbocycles. The highest BCUT2D eigenvalue weighted by molar-refractivity contribution is 5.63. The van der Waals surface area contributed by atoms with E-state index in [2.05, 4.69) is 0 Å². The summed E-state index contributed by atoms with van der Waals surface area (Å²) >= 11 is 0. The summed E-state index contributed by atoms with van der Waals surface area (Å²) in [6, 6.07) is 0. The van der Waals surface area contributed by atoms with Crippen molar-refractivity contribution in [3.05, 3.63) is 0 Å². The van der Waals surface area contributed by atoms with Gasteiger partial charge in [0, 0.05) is 14.2 Å². The van der Waals surface area contributed by atoms with E-state index in [4.69, 9.17) is 23.7 Å². The summed E-state index contributed by atoms with van der Waals surface area (Å²) < 4.78 is 25.8. The molecule has 86 valence electrons. The highest BCUT2D eigenvalue weighted by Crippen LogP contribution is 2.32. The molecule has 0 amide bonds. The summed E-state index contributed by atoms with van der Waals surface area (Å²) in [7, 11) is 3.03. The average Bonchev–Trinajstić information content (AvgIpc) is 2.60. The number of carbonyl (C=O) groups excluding carboxylic acids is 1. The van der Waals surface area contributed by atoms with Crippen LogP contribution in [0.25, 0.3) is 0 Å². The number of ether oxygens (including phenoxy) is 5. The van der Waals surface area contributed by atoms with Crippen LogP contribution in [0.15, 0.2) is 0 Å². The van der Waals surface area contributed by atoms with E-state index < -0.39 is 30.8 Å². The first-order chi connectivity index (χ1) is 7.17. The Kier molecular flexibility index (Phi) is 2.81. The zero-order chi connectivity index (χ0) is 11.0. The van der Waals surface area contributed by atoms with E-state index in [1.807, 2.05) is 0 Å². The zero-order valence-electron chi connectivity index (χ0n) is 8.84. The van der Waals surface area contributed by atoms with E-state index in [1.165, 1.54) is 14.2 Å². The summed E-state index contributed by atoms with van der Waals surface area (Å²) in [5.74, 6) is 0. The first kappa shape index (κ1) is 10.7. The Bertz CT molecular complexity index is 255. The quantitative estimate of drug-likeness (QED) is 0.621. The van der Waals surface area contributed by atoms with Gasteiger partial charge in [0.2, 0.25) is 0 Å². The molecular weight excluding hydrogens is 204 g/mol. The molecule has 2 aliphatic rings. The number of hydrogen-bond donors (Lipinski definition) is 0. The molecule has 2 rings (SSSR count). The Morgan fingerprint density at radius 2 is 1.80 bits per heavy atom. The molecule has 6 heteroatoms. The zero-order valence-corrected chi connectivity index (χ0v) is 8.84. The Morgan fingerprint density at radius 3 is 2.40 bits per heavy atom. The predicted octanol–water partition coefficient (Wildman–Crippen LogP) is 0.297. The van der Waals surface area contributed by atoms with E-state index >= 15 is 0 Å². The van der Waals surface area contributed by atoms with Crippen LogP contribution in [-0.4, -0.2) is 51.1 Å². The minimum atomic E-state index is -0.681. The summed E-state index contributed by atoms with van der Waals surface area (Å²) in [6.45, 7) is 1.80. The standard InChI is InChI=1S/C9H14O6/c1-4-5-6(15-9(10)14-5)7(11-2)8(12-3)13-4/h4-8H,1-3H3/t4-,5+,6+,7+,8+/m0/s1. The fourth-order valence-electron chi connectivity index (χ4n) is 1.96. The normalized spacial score (nSPS) is 44.5. The van der Waals surface area contributed by atoms with Crippen molar-refractivity contribution in [1.82, 2.24) is 0 Å². The van der Waals surface area contributed by atoms with Crippen LogP contribution in [0, 0.1) is 0 Å². The van der Waals surface area contributed by atoms with Gasteiger partial charge in [0.25, 0.3) is 0 Å². The van der Waals surface area contributed by atoms with Gasteiger partial charge in [-0.2, -0.15) is 0 Å². The van der Waals surface area contributed by atoms with Crippen molar-refractivity contribution in [1.29, 1.82) is 0 Å². The van der Waals surface area contributed by atoms with Crippen LogP contribution in [0.4, 0.5) is 4.79 Å². The van der Waals surface area contributed by atoms with Crippen molar-refractivity contribution in [3.63, 3.8) is 0 Å². The molecule has 0 N–H and O–H groups in total. The van der Waals surface area contributed by atoms with Crippen molar-refractivity contribution < 1.29 is 28.5 Å². The van der Waals surface area contributed by atoms with Gasteiger partial charge in [-0.3, -0.25) is 0 Å². The second-order valence-corrected chi connectivity index (χ2v) is 3.56. The van der Waals surface area contributed by atoms with Crippen LogP contribution < -0.4 is 0 Å². The molecule has 2 fully saturated rings. The summed E-state index contributed by atoms with van der Waals surface area (Å²) in [4.78, 5) is 11.0. The van der Waals surface area contributed by atoms with Gasteiger partial charge < -0.3 is 23.7 Å². The van der Waals surface area contributed by atoms with Gasteiger partial charge in [-0.25, -0.2) is 4.79 Å². The maximum atomic E-state index is 11.0. The van der Waals surface area contributed by atoms with E-state index in [9.17, 15) is 4.79 Å². The van der Waals surface area contributed by atoms with Crippen molar-refractivity contribution in [2.45, 2.75) is 37.6 Å². The lowest BCUT2D eigenvalue weighted by atomic mass is 10.00. The molecule has 0 aliphatic carbocycles. The smallest absolute Gasteiger partial charge is 0.424 e. The first-order valence-electron chi connectivity index (χ1n) is 4.75. The molecule has 0 aromatic heterocycles. The van der Waals surface area contributed by atoms with Crippen molar-refractivity contribution in [2.75, 3.05) is 14.2 Å². The van der Waals surface area contributed by atoms with Gasteiger partial charge in [0.05, 0.1) is 6.10 Å². The SMILES string of the molecule is CO[C@@H]1O[C@@H](C)[C@H]2OC(=O)O[C@H]2[C@H]1OC. The molecule has 2 saturated heterocycles. The molecule has 0 aromatic rings. The van der Waals surface area contributed by atoms with Gasteiger partial charge in [0.15, 0.2) is 18.5 Å². The van der Waals surface area contributed by atoms with Gasteiger partial charge in [0.1, 0.15) is 6.10 Å². The minimum absolute atomic E-state index is 0.266. The molecule has 0 saturated carbocycles. The molecule has 0 radical (unpaired) electrons. The predicted molar refractivity (Wildman–Crippen MR) is 47.3 cm³/mol. The molecule has 0 bridgehead atoms. The fourth-order valence-corrected chi connectivity index (χ4v) is 1.96. The molecular formula is C9H14O6. The van der Waals surface area contributed by atoms with Crippen molar-refractivity contribution in [3.8, 4) is 0 Å². The third kappa shape index (κ3) is 1.68. The molecule has 5 atom stereocenters. The molecule has 0 unspecified atom stereocenters. The lowest BCUT2D eigenvalue weighted by Crippen LogP contribution is -2.56. The van der Waals surface area contributed by atoms with E-state index in [1.54, 1.807) is 6.92 Å². The van der Waals surface area contributed by atoms with Crippen LogP contribution in [0.1, 0.15) is 6.92 Å². The average molecular weight is 218 g/mol. The Hall–Kier alpha value is -0.850. The molecule has 15 heavy (non-hydrogen) atoms. The number of carbonyl (C=O) groups is 1. The number of rotatable bonds is 2. The largest absolute Gasteiger partial charge is 0.509 e. The number of fused-ring (bicyclic) bond motifs is 1. The van der Waals surface area contributed by atoms with E-state index in [-0.39, 0.29) is 6.10 Å². The highest BCUT2D eigenvalue weighted by atomic mass is 16.8. The second-order valence-electron chi connectivity index (χ2n) is 3.56. The van der Waals surface area contributed by atoms with Gasteiger partial charge in [-0.15, -0.1) is 0 Å². The Balaban J connectivity index is 2.18. The topological polar surface area (TPSA) is 63.2 Å². The van der Waals surface area contributed by atoms with Crippen molar-refractivity contribution >= 4 is 6.16 Å². The van der Waals surface area contributed by atoms with Gasteiger partial charge >= 0.3 is 6.16 Å². The maximum Gasteiger partial charge on any atom is 0.509 e. The first-order valence-corrected chi connectivity index (χ1v) is 4.75. The minimum Gasteiger partial charge on any atom is -0.424 e. The summed E-state index contributed by atoms with van der Waals surface area (Å²) in [5, 5.41) is 0. The molecule has 2 aliphatic heterocycles. The van der Waals surface area contributed by atoms with Crippen LogP contribution in [0.5, 0.6) is 0 Å². The summed E-state index contributed by atoms with van der Waals surface area (Å²) in [5.41, 5.74) is 0. The van der Waals surface area contributed by atoms with Gasteiger partial charge in [-0.1, -0.05) is 0 Å². The van der Waals surface area contributed by atoms with E-state index in [0.29, 0.717) is 0 Å². The summed E-state index contributed by atoms with van der Waals surface area (Å²) in [6.07, 6.45) is -2.83. The lowest BCUT2D eigenvalue weighted by Gasteiger charge is -2.38. The monoisotopic (exact) mass is 218 g/mol. The molecule has 6 nitrogen and oxygen atoms in total. The maximum absolute atomic E-state index is 11.0. The Labute approximate surface area is 87.4 Å². The van der Waals surface area contributed by atoms with Crippen LogP contribution in [0.3, 0.4) is 0 Å². The van der Waals surface area contributed by atoms with Crippen molar-refractivity contribution in [2.24, 2.45) is 0 Å². The lowest BCUT2D eigenvalue weighted by molar-refractivity contribution is -0.271. The fraction of sp³-hybridized carbons (Fsp3) is 0.889. The van der Waals surface area contributed by atoms with Crippen LogP contribution >= 0.6 is 0 Å². The van der Waals surface area contributed by atoms with E-state index in [0.717, 1.165) is 0 Å². The number of hydrogen-bond acceptors (Lipinski definition) is 6. The number of methoxy groups -OCH3 is 2. The van der Waals surface area contributed by atoms with Crippen LogP contribution in [0.2, 0.25) is 0 Å². The second kappa shape index (κ2) is 3.96. The van der Waals surface area contributed by atoms with Crippen LogP contribution in [-0.2, 0) is 23.7 Å². The highest BCUT2D eigenvalue weighted by Gasteiger charge is 2.53. The third-order valence-corrected chi connectivity index (χ3v) is 2.70. The Morgan fingerprint density at radius 1 is 1.13 bits per heavy atom. The third-order valence-electron chi connectivity index (χ3n) is 2.70. The van der Waals surface area contributed by atoms with Gasteiger partial charge in [-0.05, 0) is 6.92 Å². The molecule has 0 spiro atoms.